The van der Waals surface area contributed by atoms with Crippen molar-refractivity contribution < 1.29 is 23.3 Å². The topological polar surface area (TPSA) is 144 Å². The van der Waals surface area contributed by atoms with Gasteiger partial charge in [-0.3, -0.25) is 9.97 Å². The Bertz CT molecular complexity index is 3800. The van der Waals surface area contributed by atoms with Crippen LogP contribution in [0.5, 0.6) is 0 Å². The van der Waals surface area contributed by atoms with Gasteiger partial charge >= 0.3 is 57.6 Å². The van der Waals surface area contributed by atoms with E-state index >= 15 is 0 Å². The van der Waals surface area contributed by atoms with E-state index in [-0.39, 0.29) is 7.43 Å². The van der Waals surface area contributed by atoms with Gasteiger partial charge in [0.2, 0.25) is 0 Å². The molecular weight excluding hydrogens is 1470 g/mol. The number of aromatic nitrogens is 8. The van der Waals surface area contributed by atoms with Crippen LogP contribution in [0.15, 0.2) is 260 Å². The minimum absolute atomic E-state index is 0. The van der Waals surface area contributed by atoms with Crippen LogP contribution in [0.25, 0.3) is 102 Å². The minimum atomic E-state index is -1.41. The van der Waals surface area contributed by atoms with Gasteiger partial charge in [-0.05, 0) is 99.5 Å². The molecular formula is C65H48BBrCl2I3N8O2-. The summed E-state index contributed by atoms with van der Waals surface area (Å²) in [5.41, 5.74) is 12.3. The van der Waals surface area contributed by atoms with Gasteiger partial charge in [0.15, 0.2) is 34.9 Å². The van der Waals surface area contributed by atoms with Crippen molar-refractivity contribution in [2.24, 2.45) is 0 Å². The summed E-state index contributed by atoms with van der Waals surface area (Å²) in [7, 11) is -1.41. The molecule has 12 rings (SSSR count). The summed E-state index contributed by atoms with van der Waals surface area (Å²) < 4.78 is 0.878. The molecule has 406 valence electrons. The second-order valence-electron chi connectivity index (χ2n) is 17.6. The molecule has 82 heavy (non-hydrogen) atoms. The number of hydrogen-bond acceptors (Lipinski definition) is 10. The van der Waals surface area contributed by atoms with Gasteiger partial charge in [0.1, 0.15) is 0 Å². The molecule has 10 nitrogen and oxygen atoms in total. The summed E-state index contributed by atoms with van der Waals surface area (Å²) in [6.07, 6.45) is 7.05. The van der Waals surface area contributed by atoms with Crippen molar-refractivity contribution in [3.8, 4) is 102 Å². The van der Waals surface area contributed by atoms with Crippen LogP contribution in [0.3, 0.4) is 0 Å². The number of rotatable bonds is 10. The second kappa shape index (κ2) is 31.1. The SMILES string of the molecule is C.Clc1cc(-c2ccc(-c3ccncc3)cc2)cc(-c2nc(-c3ccccc3)nc(-c3ccccc3)n2)c1.Clc1cc(Br)cc(-c2nc(-c3ccccc3)nc(-c3ccccc3)n2)c1.I[I-]I.OB(O)c1ccc(-c2ccncc2)cc1. The molecule has 8 aromatic carbocycles. The molecule has 0 radical (unpaired) electrons. The number of halogens is 6. The van der Waals surface area contributed by atoms with Crippen molar-refractivity contribution in [1.82, 2.24) is 39.9 Å². The molecule has 0 aliphatic heterocycles. The fourth-order valence-corrected chi connectivity index (χ4v) is 9.33. The summed E-state index contributed by atoms with van der Waals surface area (Å²) in [4.78, 5) is 36.5. The van der Waals surface area contributed by atoms with Crippen molar-refractivity contribution in [3.63, 3.8) is 0 Å². The number of pyridine rings is 2. The second-order valence-corrected chi connectivity index (χ2v) is 35.6. The van der Waals surface area contributed by atoms with Gasteiger partial charge in [-0.15, -0.1) is 0 Å². The van der Waals surface area contributed by atoms with Crippen LogP contribution in [0.2, 0.25) is 10.0 Å². The van der Waals surface area contributed by atoms with E-state index in [1.54, 1.807) is 36.9 Å². The van der Waals surface area contributed by atoms with Gasteiger partial charge < -0.3 is 10.0 Å². The molecule has 0 atom stereocenters. The van der Waals surface area contributed by atoms with Crippen molar-refractivity contribution in [1.29, 1.82) is 0 Å². The molecule has 17 heteroatoms. The van der Waals surface area contributed by atoms with Crippen molar-refractivity contribution in [2.75, 3.05) is 0 Å². The number of hydrogen-bond donors (Lipinski definition) is 2. The zero-order valence-electron chi connectivity index (χ0n) is 42.6. The Balaban J connectivity index is 0.000000170. The first-order valence-electron chi connectivity index (χ1n) is 24.9. The van der Waals surface area contributed by atoms with E-state index in [2.05, 4.69) is 108 Å². The molecule has 0 fully saturated rings. The summed E-state index contributed by atoms with van der Waals surface area (Å²) in [6, 6.07) is 74.6. The van der Waals surface area contributed by atoms with Crippen LogP contribution in [0.1, 0.15) is 7.43 Å². The van der Waals surface area contributed by atoms with Crippen LogP contribution >= 0.6 is 76.4 Å². The van der Waals surface area contributed by atoms with Crippen LogP contribution in [0, 0.1) is 0 Å². The molecule has 0 saturated carbocycles. The molecule has 4 heterocycles. The third-order valence-corrected chi connectivity index (χ3v) is 13.0. The maximum Gasteiger partial charge on any atom is 0.488 e. The Hall–Kier alpha value is -6.69. The predicted molar refractivity (Wildman–Crippen MR) is 353 cm³/mol. The number of nitrogens with zero attached hydrogens (tertiary/aromatic N) is 8. The maximum atomic E-state index is 8.93. The fraction of sp³-hybridized carbons (Fsp3) is 0.0154. The molecule has 0 amide bonds. The van der Waals surface area contributed by atoms with Crippen LogP contribution in [0.4, 0.5) is 0 Å². The van der Waals surface area contributed by atoms with E-state index < -0.39 is 7.12 Å². The molecule has 0 bridgehead atoms. The molecule has 4 aromatic heterocycles. The summed E-state index contributed by atoms with van der Waals surface area (Å²) in [6.45, 7) is 0. The van der Waals surface area contributed by atoms with Crippen LogP contribution in [-0.2, 0) is 0 Å². The first-order valence-corrected chi connectivity index (χ1v) is 39.0. The van der Waals surface area contributed by atoms with Gasteiger partial charge in [-0.25, -0.2) is 29.9 Å². The average Bonchev–Trinajstić information content (AvgIpc) is 3.54. The van der Waals surface area contributed by atoms with E-state index in [0.29, 0.717) is 63.7 Å². The van der Waals surface area contributed by atoms with Crippen molar-refractivity contribution >= 4 is 88.9 Å². The van der Waals surface area contributed by atoms with Gasteiger partial charge in [-0.2, -0.15) is 0 Å². The number of benzene rings is 8. The molecule has 0 unspecified atom stereocenters. The molecule has 0 aliphatic carbocycles. The predicted octanol–water partition coefficient (Wildman–Crippen LogP) is 14.4. The molecule has 0 saturated heterocycles. The van der Waals surface area contributed by atoms with Gasteiger partial charge in [-0.1, -0.05) is 216 Å². The quantitative estimate of drug-likeness (QED) is 0.100. The maximum absolute atomic E-state index is 8.93. The molecule has 2 N–H and O–H groups in total. The Morgan fingerprint density at radius 1 is 0.329 bits per heavy atom. The van der Waals surface area contributed by atoms with E-state index in [4.69, 9.17) is 48.2 Å². The van der Waals surface area contributed by atoms with E-state index in [1.165, 1.54) is 0 Å². The molecule has 0 aliphatic rings. The van der Waals surface area contributed by atoms with Crippen LogP contribution < -0.4 is 18.7 Å². The molecule has 0 spiro atoms. The third-order valence-electron chi connectivity index (χ3n) is 12.1. The summed E-state index contributed by atoms with van der Waals surface area (Å²) >= 11 is 21.6. The normalized spacial score (nSPS) is 10.4. The fourth-order valence-electron chi connectivity index (χ4n) is 8.24. The van der Waals surface area contributed by atoms with Crippen LogP contribution in [-0.4, -0.2) is 57.0 Å². The summed E-state index contributed by atoms with van der Waals surface area (Å²) in [5, 5.41) is 19.1. The standard InChI is InChI=1S/C32H21ClN4.C21H13BrClN3.C11H10BNO2.CH4.I3/c33-29-20-27(23-13-11-22(12-14-23)24-15-17-34-18-16-24)19-28(21-29)32-36-30(25-7-3-1-4-8-25)35-31(37-32)26-9-5-2-6-10-26;22-17-11-16(12-18(23)13-17)21-25-19(14-7-3-1-4-8-14)24-20(26-21)15-9-5-2-6-10-15;14-12(15)11-3-1-9(2-4-11)10-5-7-13-8-6-10;;1-3-2/h1-21H;1-13H;1-8,14-15H;1H4;/q;;;;-1. The van der Waals surface area contributed by atoms with Gasteiger partial charge in [0.25, 0.3) is 0 Å². The van der Waals surface area contributed by atoms with E-state index in [9.17, 15) is 0 Å². The first kappa shape index (κ1) is 61.4. The average molecular weight is 1520 g/mol. The summed E-state index contributed by atoms with van der Waals surface area (Å²) in [5.74, 6) is 3.65. The van der Waals surface area contributed by atoms with Gasteiger partial charge in [0.05, 0.1) is 0 Å². The zero-order valence-corrected chi connectivity index (χ0v) is 52.1. The van der Waals surface area contributed by atoms with Gasteiger partial charge in [0, 0.05) is 72.7 Å². The van der Waals surface area contributed by atoms with Crippen molar-refractivity contribution in [3.05, 3.63) is 270 Å². The Morgan fingerprint density at radius 2 is 0.598 bits per heavy atom. The zero-order chi connectivity index (χ0) is 56.3. The van der Waals surface area contributed by atoms with E-state index in [1.807, 2.05) is 188 Å². The largest absolute Gasteiger partial charge is 0.488 e. The van der Waals surface area contributed by atoms with E-state index in [0.717, 1.165) is 71.2 Å². The first-order chi connectivity index (χ1) is 39.6. The minimum Gasteiger partial charge on any atom is -0.423 e. The molecule has 12 aromatic rings. The third kappa shape index (κ3) is 17.2. The monoisotopic (exact) mass is 1510 g/mol. The van der Waals surface area contributed by atoms with Crippen molar-refractivity contribution in [2.45, 2.75) is 7.43 Å². The Labute approximate surface area is 525 Å². The Kier molecular flexibility index (Phi) is 23.3. The smallest absolute Gasteiger partial charge is 0.423 e. The Morgan fingerprint density at radius 3 is 0.927 bits per heavy atom.